The fraction of sp³-hybridized carbons (Fsp3) is 0.562. The normalized spacial score (nSPS) is 11.9. The number of hydrogen-bond donors (Lipinski definition) is 1. The number of nitrogens with one attached hydrogen (secondary N) is 1. The molecule has 0 aliphatic rings. The molecule has 116 valence electrons. The molecular formula is C16H25BrN4. The highest BCUT2D eigenvalue weighted by atomic mass is 79.9. The van der Waals surface area contributed by atoms with E-state index in [4.69, 9.17) is 0 Å². The maximum atomic E-state index is 4.61. The fourth-order valence-electron chi connectivity index (χ4n) is 2.50. The van der Waals surface area contributed by atoms with Crippen molar-refractivity contribution in [3.05, 3.63) is 34.7 Å². The monoisotopic (exact) mass is 352 g/mol. The molecule has 2 aromatic heterocycles. The van der Waals surface area contributed by atoms with Crippen LogP contribution in [0.3, 0.4) is 0 Å². The van der Waals surface area contributed by atoms with Gasteiger partial charge in [-0.15, -0.1) is 0 Å². The van der Waals surface area contributed by atoms with Crippen molar-refractivity contribution in [1.29, 1.82) is 0 Å². The number of fused-ring (bicyclic) bond motifs is 1. The van der Waals surface area contributed by atoms with Crippen LogP contribution in [0.25, 0.3) is 5.65 Å². The first-order valence-corrected chi connectivity index (χ1v) is 8.36. The van der Waals surface area contributed by atoms with Crippen LogP contribution in [0.4, 0.5) is 0 Å². The van der Waals surface area contributed by atoms with Gasteiger partial charge >= 0.3 is 0 Å². The van der Waals surface area contributed by atoms with Crippen LogP contribution < -0.4 is 5.32 Å². The lowest BCUT2D eigenvalue weighted by Gasteiger charge is -2.18. The van der Waals surface area contributed by atoms with Gasteiger partial charge < -0.3 is 14.6 Å². The number of halogens is 1. The average molecular weight is 353 g/mol. The molecule has 2 rings (SSSR count). The molecule has 0 spiro atoms. The minimum Gasteiger partial charge on any atom is -0.311 e. The van der Waals surface area contributed by atoms with Crippen LogP contribution >= 0.6 is 15.9 Å². The third-order valence-electron chi connectivity index (χ3n) is 3.35. The van der Waals surface area contributed by atoms with Crippen molar-refractivity contribution in [2.45, 2.75) is 26.8 Å². The minimum absolute atomic E-state index is 0.736. The summed E-state index contributed by atoms with van der Waals surface area (Å²) in [4.78, 5) is 7.00. The van der Waals surface area contributed by atoms with E-state index < -0.39 is 0 Å². The predicted molar refractivity (Wildman–Crippen MR) is 91.6 cm³/mol. The van der Waals surface area contributed by atoms with Crippen molar-refractivity contribution in [2.24, 2.45) is 5.92 Å². The fourth-order valence-corrected chi connectivity index (χ4v) is 2.82. The molecule has 0 aromatic carbocycles. The summed E-state index contributed by atoms with van der Waals surface area (Å²) in [5.41, 5.74) is 2.07. The molecule has 0 radical (unpaired) electrons. The second kappa shape index (κ2) is 7.92. The first-order chi connectivity index (χ1) is 10.0. The van der Waals surface area contributed by atoms with Crippen LogP contribution in [0, 0.1) is 5.92 Å². The van der Waals surface area contributed by atoms with E-state index in [1.165, 1.54) is 13.0 Å². The number of aromatic nitrogens is 2. The highest BCUT2D eigenvalue weighted by molar-refractivity contribution is 9.10. The summed E-state index contributed by atoms with van der Waals surface area (Å²) < 4.78 is 3.12. The number of hydrogen-bond acceptors (Lipinski definition) is 3. The van der Waals surface area contributed by atoms with Gasteiger partial charge in [-0.05, 0) is 44.6 Å². The summed E-state index contributed by atoms with van der Waals surface area (Å²) in [7, 11) is 2.19. The zero-order valence-corrected chi connectivity index (χ0v) is 14.7. The predicted octanol–water partition coefficient (Wildman–Crippen LogP) is 3.16. The Morgan fingerprint density at radius 3 is 3.00 bits per heavy atom. The second-order valence-corrected chi connectivity index (χ2v) is 6.94. The van der Waals surface area contributed by atoms with E-state index in [2.05, 4.69) is 62.6 Å². The van der Waals surface area contributed by atoms with Gasteiger partial charge in [-0.1, -0.05) is 29.8 Å². The van der Waals surface area contributed by atoms with Crippen LogP contribution in [-0.4, -0.2) is 41.0 Å². The van der Waals surface area contributed by atoms with E-state index in [1.807, 2.05) is 18.3 Å². The summed E-state index contributed by atoms with van der Waals surface area (Å²) in [6.45, 7) is 8.69. The molecule has 4 nitrogen and oxygen atoms in total. The lowest BCUT2D eigenvalue weighted by molar-refractivity contribution is 0.290. The smallest absolute Gasteiger partial charge is 0.138 e. The van der Waals surface area contributed by atoms with Gasteiger partial charge in [0.25, 0.3) is 0 Å². The maximum Gasteiger partial charge on any atom is 0.138 e. The third-order valence-corrected chi connectivity index (χ3v) is 3.84. The van der Waals surface area contributed by atoms with E-state index in [9.17, 15) is 0 Å². The molecule has 0 unspecified atom stereocenters. The quantitative estimate of drug-likeness (QED) is 0.740. The average Bonchev–Trinajstić information content (AvgIpc) is 2.79. The molecule has 0 atom stereocenters. The Morgan fingerprint density at radius 2 is 2.24 bits per heavy atom. The largest absolute Gasteiger partial charge is 0.311 e. The first-order valence-electron chi connectivity index (χ1n) is 7.57. The summed E-state index contributed by atoms with van der Waals surface area (Å²) >= 11 is 3.47. The lowest BCUT2D eigenvalue weighted by Crippen LogP contribution is -2.27. The first kappa shape index (κ1) is 16.5. The number of pyridine rings is 1. The summed E-state index contributed by atoms with van der Waals surface area (Å²) in [6.07, 6.45) is 5.28. The molecule has 2 heterocycles. The Morgan fingerprint density at radius 1 is 1.43 bits per heavy atom. The van der Waals surface area contributed by atoms with Gasteiger partial charge in [-0.25, -0.2) is 4.98 Å². The van der Waals surface area contributed by atoms with Gasteiger partial charge in [0.2, 0.25) is 0 Å². The van der Waals surface area contributed by atoms with Gasteiger partial charge in [0.1, 0.15) is 5.65 Å². The number of imidazole rings is 1. The zero-order valence-electron chi connectivity index (χ0n) is 13.1. The zero-order chi connectivity index (χ0) is 15.2. The van der Waals surface area contributed by atoms with Crippen molar-refractivity contribution in [3.8, 4) is 0 Å². The molecular weight excluding hydrogens is 328 g/mol. The second-order valence-electron chi connectivity index (χ2n) is 6.03. The highest BCUT2D eigenvalue weighted by Gasteiger charge is 2.03. The maximum absolute atomic E-state index is 4.61. The summed E-state index contributed by atoms with van der Waals surface area (Å²) in [5, 5.41) is 3.47. The molecule has 0 aliphatic heterocycles. The van der Waals surface area contributed by atoms with Gasteiger partial charge in [0.15, 0.2) is 0 Å². The third kappa shape index (κ3) is 5.41. The van der Waals surface area contributed by atoms with Crippen molar-refractivity contribution in [1.82, 2.24) is 19.6 Å². The standard InChI is InChI=1S/C16H25BrN4/c1-13(2)11-20(3)7-4-6-18-10-15-12-21-8-5-14(17)9-16(21)19-15/h5,8-9,12-13,18H,4,6-7,10-11H2,1-3H3. The highest BCUT2D eigenvalue weighted by Crippen LogP contribution is 2.13. The van der Waals surface area contributed by atoms with E-state index in [0.717, 1.165) is 41.4 Å². The Balaban J connectivity index is 1.70. The summed E-state index contributed by atoms with van der Waals surface area (Å²) in [6, 6.07) is 4.06. The van der Waals surface area contributed by atoms with Crippen molar-refractivity contribution < 1.29 is 0 Å². The molecule has 0 aliphatic carbocycles. The molecule has 0 saturated carbocycles. The van der Waals surface area contributed by atoms with Crippen LogP contribution in [-0.2, 0) is 6.54 Å². The van der Waals surface area contributed by atoms with E-state index in [0.29, 0.717) is 0 Å². The Kier molecular flexibility index (Phi) is 6.21. The Hall–Kier alpha value is -0.910. The van der Waals surface area contributed by atoms with Gasteiger partial charge in [-0.3, -0.25) is 0 Å². The van der Waals surface area contributed by atoms with Crippen LogP contribution in [0.5, 0.6) is 0 Å². The number of rotatable bonds is 8. The van der Waals surface area contributed by atoms with E-state index >= 15 is 0 Å². The number of nitrogens with zero attached hydrogens (tertiary/aromatic N) is 3. The molecule has 0 saturated heterocycles. The van der Waals surface area contributed by atoms with Gasteiger partial charge in [0, 0.05) is 30.0 Å². The molecule has 0 amide bonds. The van der Waals surface area contributed by atoms with Gasteiger partial charge in [-0.2, -0.15) is 0 Å². The minimum atomic E-state index is 0.736. The molecule has 1 N–H and O–H groups in total. The Bertz CT molecular complexity index is 564. The van der Waals surface area contributed by atoms with Gasteiger partial charge in [0.05, 0.1) is 5.69 Å². The van der Waals surface area contributed by atoms with Crippen LogP contribution in [0.15, 0.2) is 29.0 Å². The molecule has 21 heavy (non-hydrogen) atoms. The van der Waals surface area contributed by atoms with Crippen molar-refractivity contribution in [3.63, 3.8) is 0 Å². The Labute approximate surface area is 135 Å². The van der Waals surface area contributed by atoms with Crippen LogP contribution in [0.1, 0.15) is 26.0 Å². The van der Waals surface area contributed by atoms with E-state index in [-0.39, 0.29) is 0 Å². The lowest BCUT2D eigenvalue weighted by atomic mass is 10.2. The topological polar surface area (TPSA) is 32.6 Å². The molecule has 2 aromatic rings. The summed E-state index contributed by atoms with van der Waals surface area (Å²) in [5.74, 6) is 0.736. The van der Waals surface area contributed by atoms with E-state index in [1.54, 1.807) is 0 Å². The molecule has 0 fully saturated rings. The molecule has 0 bridgehead atoms. The van der Waals surface area contributed by atoms with Crippen molar-refractivity contribution in [2.75, 3.05) is 26.7 Å². The molecule has 5 heteroatoms. The SMILES string of the molecule is CC(C)CN(C)CCCNCc1cn2ccc(Br)cc2n1. The van der Waals surface area contributed by atoms with Crippen molar-refractivity contribution >= 4 is 21.6 Å². The van der Waals surface area contributed by atoms with Crippen LogP contribution in [0.2, 0.25) is 0 Å².